The predicted molar refractivity (Wildman–Crippen MR) is 113 cm³/mol. The standard InChI is InChI=1S/C24H48O2/c1-22(2)24(23(26)21-25)19-17-15-13-11-9-7-5-3-4-6-8-10-12-14-16-18-20-24/h22-23,25-26H,3-21H2,1-2H3. The molecule has 0 spiro atoms. The van der Waals surface area contributed by atoms with Crippen LogP contribution in [0.15, 0.2) is 0 Å². The van der Waals surface area contributed by atoms with Crippen LogP contribution in [0.2, 0.25) is 0 Å². The zero-order valence-electron chi connectivity index (χ0n) is 18.0. The van der Waals surface area contributed by atoms with Crippen LogP contribution in [-0.2, 0) is 0 Å². The highest BCUT2D eigenvalue weighted by molar-refractivity contribution is 4.89. The Morgan fingerprint density at radius 1 is 0.577 bits per heavy atom. The van der Waals surface area contributed by atoms with E-state index < -0.39 is 6.10 Å². The summed E-state index contributed by atoms with van der Waals surface area (Å²) in [6, 6.07) is 0. The van der Waals surface area contributed by atoms with Crippen molar-refractivity contribution in [3.05, 3.63) is 0 Å². The fourth-order valence-corrected chi connectivity index (χ4v) is 4.99. The Morgan fingerprint density at radius 3 is 1.08 bits per heavy atom. The van der Waals surface area contributed by atoms with Crippen molar-refractivity contribution in [1.29, 1.82) is 0 Å². The van der Waals surface area contributed by atoms with Crippen molar-refractivity contribution in [1.82, 2.24) is 0 Å². The van der Waals surface area contributed by atoms with E-state index in [9.17, 15) is 10.2 Å². The van der Waals surface area contributed by atoms with Gasteiger partial charge in [0.05, 0.1) is 12.7 Å². The fourth-order valence-electron chi connectivity index (χ4n) is 4.99. The summed E-state index contributed by atoms with van der Waals surface area (Å²) in [5, 5.41) is 20.3. The fraction of sp³-hybridized carbons (Fsp3) is 1.00. The highest BCUT2D eigenvalue weighted by atomic mass is 16.3. The van der Waals surface area contributed by atoms with Gasteiger partial charge in [-0.15, -0.1) is 0 Å². The lowest BCUT2D eigenvalue weighted by Crippen LogP contribution is -2.42. The Labute approximate surface area is 164 Å². The summed E-state index contributed by atoms with van der Waals surface area (Å²) in [7, 11) is 0. The number of hydrogen-bond acceptors (Lipinski definition) is 2. The first-order valence-corrected chi connectivity index (χ1v) is 11.9. The van der Waals surface area contributed by atoms with Crippen molar-refractivity contribution >= 4 is 0 Å². The zero-order chi connectivity index (χ0) is 19.1. The molecule has 2 nitrogen and oxygen atoms in total. The van der Waals surface area contributed by atoms with Gasteiger partial charge in [0, 0.05) is 5.41 Å². The molecule has 0 aromatic rings. The first-order chi connectivity index (χ1) is 12.6. The third-order valence-electron chi connectivity index (χ3n) is 7.02. The topological polar surface area (TPSA) is 40.5 Å². The molecule has 1 aliphatic carbocycles. The van der Waals surface area contributed by atoms with Crippen LogP contribution in [0.1, 0.15) is 129 Å². The van der Waals surface area contributed by atoms with E-state index in [2.05, 4.69) is 13.8 Å². The van der Waals surface area contributed by atoms with Crippen LogP contribution in [0.4, 0.5) is 0 Å². The number of hydrogen-bond donors (Lipinski definition) is 2. The Morgan fingerprint density at radius 2 is 0.846 bits per heavy atom. The summed E-state index contributed by atoms with van der Waals surface area (Å²) < 4.78 is 0. The minimum Gasteiger partial charge on any atom is -0.394 e. The van der Waals surface area contributed by atoms with E-state index in [1.807, 2.05) is 0 Å². The molecule has 1 aliphatic rings. The molecule has 0 aromatic carbocycles. The third kappa shape index (κ3) is 9.22. The molecule has 1 unspecified atom stereocenters. The summed E-state index contributed by atoms with van der Waals surface area (Å²) in [5.41, 5.74) is -0.0856. The van der Waals surface area contributed by atoms with E-state index in [0.29, 0.717) is 5.92 Å². The second-order valence-electron chi connectivity index (χ2n) is 9.24. The monoisotopic (exact) mass is 368 g/mol. The Kier molecular flexibility index (Phi) is 13.7. The van der Waals surface area contributed by atoms with E-state index >= 15 is 0 Å². The maximum atomic E-state index is 10.6. The van der Waals surface area contributed by atoms with Crippen LogP contribution in [0, 0.1) is 11.3 Å². The Bertz CT molecular complexity index is 293. The molecule has 0 radical (unpaired) electrons. The zero-order valence-corrected chi connectivity index (χ0v) is 18.0. The maximum absolute atomic E-state index is 10.6. The normalized spacial score (nSPS) is 24.3. The average molecular weight is 369 g/mol. The molecule has 2 N–H and O–H groups in total. The molecule has 0 aliphatic heterocycles. The number of rotatable bonds is 3. The van der Waals surface area contributed by atoms with Crippen molar-refractivity contribution in [3.8, 4) is 0 Å². The van der Waals surface area contributed by atoms with Gasteiger partial charge < -0.3 is 10.2 Å². The number of aliphatic hydroxyl groups is 2. The van der Waals surface area contributed by atoms with Crippen molar-refractivity contribution in [2.75, 3.05) is 6.61 Å². The SMILES string of the molecule is CC(C)C1(C(O)CO)CCCCCCCCCCCCCCCCCC1. The minimum absolute atomic E-state index is 0.0851. The Hall–Kier alpha value is -0.0800. The third-order valence-corrected chi connectivity index (χ3v) is 7.02. The van der Waals surface area contributed by atoms with Gasteiger partial charge in [0.25, 0.3) is 0 Å². The summed E-state index contributed by atoms with van der Waals surface area (Å²) in [4.78, 5) is 0. The largest absolute Gasteiger partial charge is 0.394 e. The molecule has 1 rings (SSSR count). The van der Waals surface area contributed by atoms with Crippen molar-refractivity contribution in [2.45, 2.75) is 136 Å². The van der Waals surface area contributed by atoms with Crippen molar-refractivity contribution in [3.63, 3.8) is 0 Å². The number of aliphatic hydroxyl groups excluding tert-OH is 2. The van der Waals surface area contributed by atoms with Crippen molar-refractivity contribution in [2.24, 2.45) is 11.3 Å². The van der Waals surface area contributed by atoms with Gasteiger partial charge in [0.2, 0.25) is 0 Å². The molecule has 0 heterocycles. The molecule has 0 aromatic heterocycles. The van der Waals surface area contributed by atoms with Crippen LogP contribution < -0.4 is 0 Å². The van der Waals surface area contributed by atoms with Crippen LogP contribution in [-0.4, -0.2) is 22.9 Å². The van der Waals surface area contributed by atoms with Gasteiger partial charge >= 0.3 is 0 Å². The minimum atomic E-state index is -0.559. The van der Waals surface area contributed by atoms with Gasteiger partial charge in [0.1, 0.15) is 0 Å². The molecule has 156 valence electrons. The van der Waals surface area contributed by atoms with Gasteiger partial charge in [0.15, 0.2) is 0 Å². The second-order valence-corrected chi connectivity index (χ2v) is 9.24. The van der Waals surface area contributed by atoms with E-state index in [-0.39, 0.29) is 12.0 Å². The average Bonchev–Trinajstić information content (AvgIpc) is 2.63. The van der Waals surface area contributed by atoms with Crippen LogP contribution in [0.3, 0.4) is 0 Å². The molecule has 0 saturated heterocycles. The molecule has 2 heteroatoms. The van der Waals surface area contributed by atoms with E-state index in [1.165, 1.54) is 103 Å². The molecule has 1 fully saturated rings. The summed E-state index contributed by atoms with van der Waals surface area (Å²) in [6.07, 6.45) is 23.4. The maximum Gasteiger partial charge on any atom is 0.0829 e. The lowest BCUT2D eigenvalue weighted by atomic mass is 9.66. The van der Waals surface area contributed by atoms with Gasteiger partial charge in [-0.25, -0.2) is 0 Å². The van der Waals surface area contributed by atoms with Gasteiger partial charge in [-0.3, -0.25) is 0 Å². The lowest BCUT2D eigenvalue weighted by molar-refractivity contribution is -0.0569. The predicted octanol–water partition coefficient (Wildman–Crippen LogP) is 7.02. The first kappa shape index (κ1) is 24.0. The van der Waals surface area contributed by atoms with Gasteiger partial charge in [-0.05, 0) is 18.8 Å². The van der Waals surface area contributed by atoms with Crippen LogP contribution in [0.25, 0.3) is 0 Å². The molecular formula is C24H48O2. The lowest BCUT2D eigenvalue weighted by Gasteiger charge is -2.42. The van der Waals surface area contributed by atoms with Crippen molar-refractivity contribution < 1.29 is 10.2 Å². The highest BCUT2D eigenvalue weighted by Gasteiger charge is 2.39. The summed E-state index contributed by atoms with van der Waals surface area (Å²) in [6.45, 7) is 4.40. The first-order valence-electron chi connectivity index (χ1n) is 11.9. The second kappa shape index (κ2) is 14.9. The quantitative estimate of drug-likeness (QED) is 0.562. The molecule has 1 saturated carbocycles. The smallest absolute Gasteiger partial charge is 0.0829 e. The molecule has 0 amide bonds. The molecule has 0 bridgehead atoms. The van der Waals surface area contributed by atoms with E-state index in [1.54, 1.807) is 0 Å². The molecular weight excluding hydrogens is 320 g/mol. The highest BCUT2D eigenvalue weighted by Crippen LogP contribution is 2.42. The van der Waals surface area contributed by atoms with Crippen LogP contribution in [0.5, 0.6) is 0 Å². The van der Waals surface area contributed by atoms with E-state index in [4.69, 9.17) is 0 Å². The van der Waals surface area contributed by atoms with Gasteiger partial charge in [-0.2, -0.15) is 0 Å². The van der Waals surface area contributed by atoms with E-state index in [0.717, 1.165) is 12.8 Å². The summed E-state index contributed by atoms with van der Waals surface area (Å²) in [5.74, 6) is 0.429. The molecule has 26 heavy (non-hydrogen) atoms. The summed E-state index contributed by atoms with van der Waals surface area (Å²) >= 11 is 0. The van der Waals surface area contributed by atoms with Gasteiger partial charge in [-0.1, -0.05) is 117 Å². The van der Waals surface area contributed by atoms with Crippen LogP contribution >= 0.6 is 0 Å². The Balaban J connectivity index is 2.56. The molecule has 1 atom stereocenters.